The second-order valence-corrected chi connectivity index (χ2v) is 7.98. The van der Waals surface area contributed by atoms with Crippen molar-refractivity contribution in [2.45, 2.75) is 26.8 Å². The number of ether oxygens (including phenoxy) is 1. The Labute approximate surface area is 185 Å². The summed E-state index contributed by atoms with van der Waals surface area (Å²) in [4.78, 5) is 21.1. The van der Waals surface area contributed by atoms with E-state index < -0.39 is 0 Å². The molecule has 0 unspecified atom stereocenters. The smallest absolute Gasteiger partial charge is 0.298 e. The van der Waals surface area contributed by atoms with Crippen molar-refractivity contribution in [1.82, 2.24) is 19.7 Å². The van der Waals surface area contributed by atoms with Crippen LogP contribution in [-0.4, -0.2) is 20.2 Å². The zero-order chi connectivity index (χ0) is 21.6. The highest BCUT2D eigenvalue weighted by molar-refractivity contribution is 7.07. The Morgan fingerprint density at radius 3 is 2.68 bits per heavy atom. The van der Waals surface area contributed by atoms with Gasteiger partial charge in [0, 0.05) is 42.5 Å². The largest absolute Gasteiger partial charge is 0.430 e. The molecule has 0 saturated carbocycles. The molecule has 2 aromatic carbocycles. The lowest BCUT2D eigenvalue weighted by Crippen LogP contribution is -2.22. The average molecular weight is 431 g/mol. The van der Waals surface area contributed by atoms with E-state index in [1.54, 1.807) is 24.5 Å². The summed E-state index contributed by atoms with van der Waals surface area (Å²) in [5.74, 6) is 1.13. The van der Waals surface area contributed by atoms with Crippen LogP contribution in [0.25, 0.3) is 0 Å². The molecule has 0 saturated heterocycles. The monoisotopic (exact) mass is 430 g/mol. The molecule has 1 amide bonds. The molecule has 0 aliphatic rings. The Morgan fingerprint density at radius 1 is 1.06 bits per heavy atom. The molecule has 0 aliphatic heterocycles. The van der Waals surface area contributed by atoms with Crippen molar-refractivity contribution in [1.29, 1.82) is 0 Å². The predicted molar refractivity (Wildman–Crippen MR) is 121 cm³/mol. The number of amides is 1. The summed E-state index contributed by atoms with van der Waals surface area (Å²) >= 11 is 1.21. The van der Waals surface area contributed by atoms with E-state index in [1.165, 1.54) is 17.1 Å². The first-order valence-corrected chi connectivity index (χ1v) is 10.7. The van der Waals surface area contributed by atoms with Gasteiger partial charge >= 0.3 is 0 Å². The van der Waals surface area contributed by atoms with Crippen molar-refractivity contribution in [3.63, 3.8) is 0 Å². The van der Waals surface area contributed by atoms with Crippen LogP contribution in [0.15, 0.2) is 67.0 Å². The molecular weight excluding hydrogens is 408 g/mol. The van der Waals surface area contributed by atoms with Crippen LogP contribution in [-0.2, 0) is 13.0 Å². The normalized spacial score (nSPS) is 10.6. The highest BCUT2D eigenvalue weighted by atomic mass is 32.1. The van der Waals surface area contributed by atoms with Gasteiger partial charge in [0.2, 0.25) is 0 Å². The van der Waals surface area contributed by atoms with Crippen LogP contribution in [0, 0.1) is 13.8 Å². The summed E-state index contributed by atoms with van der Waals surface area (Å²) < 4.78 is 10.4. The SMILES string of the molecule is Cc1ccc(Cc2nsc(Oc3cc(C(=O)NCc4cccnc4)ccc3C)n2)cc1. The lowest BCUT2D eigenvalue weighted by Gasteiger charge is -2.09. The van der Waals surface area contributed by atoms with Gasteiger partial charge in [-0.2, -0.15) is 9.36 Å². The van der Waals surface area contributed by atoms with Gasteiger partial charge in [0.05, 0.1) is 0 Å². The molecule has 4 rings (SSSR count). The van der Waals surface area contributed by atoms with Crippen molar-refractivity contribution in [2.75, 3.05) is 0 Å². The number of aromatic nitrogens is 3. The molecule has 0 radical (unpaired) electrons. The van der Waals surface area contributed by atoms with E-state index >= 15 is 0 Å². The number of pyridine rings is 1. The fourth-order valence-corrected chi connectivity index (χ4v) is 3.53. The summed E-state index contributed by atoms with van der Waals surface area (Å²) in [5.41, 5.74) is 4.75. The van der Waals surface area contributed by atoms with Crippen molar-refractivity contribution in [2.24, 2.45) is 0 Å². The van der Waals surface area contributed by atoms with Gasteiger partial charge in [0.1, 0.15) is 5.75 Å². The van der Waals surface area contributed by atoms with Gasteiger partial charge in [-0.1, -0.05) is 42.0 Å². The summed E-state index contributed by atoms with van der Waals surface area (Å²) in [5, 5.41) is 3.36. The van der Waals surface area contributed by atoms with Gasteiger partial charge in [-0.15, -0.1) is 0 Å². The molecule has 2 heterocycles. The minimum absolute atomic E-state index is 0.175. The van der Waals surface area contributed by atoms with E-state index in [9.17, 15) is 4.79 Å². The Bertz CT molecular complexity index is 1170. The van der Waals surface area contributed by atoms with Crippen LogP contribution in [0.1, 0.15) is 38.4 Å². The Morgan fingerprint density at radius 2 is 1.90 bits per heavy atom. The van der Waals surface area contributed by atoms with Gasteiger partial charge in [0.15, 0.2) is 5.82 Å². The maximum absolute atomic E-state index is 12.6. The van der Waals surface area contributed by atoms with Crippen molar-refractivity contribution >= 4 is 17.4 Å². The summed E-state index contributed by atoms with van der Waals surface area (Å²) in [6, 6.07) is 17.4. The third-order valence-electron chi connectivity index (χ3n) is 4.76. The third kappa shape index (κ3) is 5.52. The molecule has 2 aromatic heterocycles. The molecule has 1 N–H and O–H groups in total. The molecule has 0 fully saturated rings. The van der Waals surface area contributed by atoms with Crippen LogP contribution in [0.5, 0.6) is 10.9 Å². The van der Waals surface area contributed by atoms with E-state index in [2.05, 4.69) is 50.8 Å². The molecule has 0 bridgehead atoms. The number of carbonyl (C=O) groups excluding carboxylic acids is 1. The van der Waals surface area contributed by atoms with E-state index in [0.717, 1.165) is 16.7 Å². The molecule has 0 spiro atoms. The standard InChI is InChI=1S/C24H22N4O2S/c1-16-5-8-18(9-6-16)12-22-27-24(31-28-22)30-21-13-20(10-7-17(21)2)23(29)26-15-19-4-3-11-25-14-19/h3-11,13-14H,12,15H2,1-2H3,(H,26,29). The highest BCUT2D eigenvalue weighted by Gasteiger charge is 2.12. The number of hydrogen-bond acceptors (Lipinski definition) is 6. The number of benzene rings is 2. The first-order chi connectivity index (χ1) is 15.1. The van der Waals surface area contributed by atoms with Crippen LogP contribution < -0.4 is 10.1 Å². The van der Waals surface area contributed by atoms with Crippen molar-refractivity contribution < 1.29 is 9.53 Å². The number of hydrogen-bond donors (Lipinski definition) is 1. The van der Waals surface area contributed by atoms with E-state index in [4.69, 9.17) is 4.74 Å². The zero-order valence-corrected chi connectivity index (χ0v) is 18.1. The average Bonchev–Trinajstić information content (AvgIpc) is 3.22. The topological polar surface area (TPSA) is 77.0 Å². The Hall–Kier alpha value is -3.58. The number of aryl methyl sites for hydroxylation is 2. The number of nitrogens with zero attached hydrogens (tertiary/aromatic N) is 3. The zero-order valence-electron chi connectivity index (χ0n) is 17.3. The minimum Gasteiger partial charge on any atom is -0.430 e. The molecule has 6 nitrogen and oxygen atoms in total. The maximum Gasteiger partial charge on any atom is 0.298 e. The Kier molecular flexibility index (Phi) is 6.33. The molecule has 31 heavy (non-hydrogen) atoms. The second kappa shape index (κ2) is 9.49. The summed E-state index contributed by atoms with van der Waals surface area (Å²) in [6.07, 6.45) is 4.08. The molecule has 4 aromatic rings. The van der Waals surface area contributed by atoms with Crippen LogP contribution in [0.2, 0.25) is 0 Å². The van der Waals surface area contributed by atoms with Gasteiger partial charge in [-0.3, -0.25) is 9.78 Å². The molecular formula is C24H22N4O2S. The lowest BCUT2D eigenvalue weighted by molar-refractivity contribution is 0.0950. The van der Waals surface area contributed by atoms with E-state index in [-0.39, 0.29) is 5.91 Å². The maximum atomic E-state index is 12.6. The van der Waals surface area contributed by atoms with Crippen LogP contribution >= 0.6 is 11.5 Å². The highest BCUT2D eigenvalue weighted by Crippen LogP contribution is 2.28. The van der Waals surface area contributed by atoms with Crippen molar-refractivity contribution in [3.8, 4) is 10.9 Å². The van der Waals surface area contributed by atoms with E-state index in [1.807, 2.05) is 25.1 Å². The number of rotatable bonds is 7. The first-order valence-electron chi connectivity index (χ1n) is 9.90. The number of nitrogens with one attached hydrogen (secondary N) is 1. The molecule has 7 heteroatoms. The summed E-state index contributed by atoms with van der Waals surface area (Å²) in [7, 11) is 0. The van der Waals surface area contributed by atoms with Gasteiger partial charge in [-0.05, 0) is 48.7 Å². The molecule has 0 aliphatic carbocycles. The van der Waals surface area contributed by atoms with Crippen LogP contribution in [0.3, 0.4) is 0 Å². The number of carbonyl (C=O) groups is 1. The van der Waals surface area contributed by atoms with E-state index in [0.29, 0.717) is 35.3 Å². The fraction of sp³-hybridized carbons (Fsp3) is 0.167. The third-order valence-corrected chi connectivity index (χ3v) is 5.39. The quantitative estimate of drug-likeness (QED) is 0.453. The van der Waals surface area contributed by atoms with Gasteiger partial charge in [0.25, 0.3) is 11.1 Å². The van der Waals surface area contributed by atoms with Crippen LogP contribution in [0.4, 0.5) is 0 Å². The predicted octanol–water partition coefficient (Wildman–Crippen LogP) is 4.86. The Balaban J connectivity index is 1.42. The summed E-state index contributed by atoms with van der Waals surface area (Å²) in [6.45, 7) is 4.41. The minimum atomic E-state index is -0.175. The second-order valence-electron chi connectivity index (χ2n) is 7.27. The first kappa shape index (κ1) is 20.7. The van der Waals surface area contributed by atoms with Crippen molar-refractivity contribution in [3.05, 3.63) is 101 Å². The molecule has 156 valence electrons. The lowest BCUT2D eigenvalue weighted by atomic mass is 10.1. The molecule has 0 atom stereocenters. The van der Waals surface area contributed by atoms with Gasteiger partial charge in [-0.25, -0.2) is 0 Å². The van der Waals surface area contributed by atoms with Gasteiger partial charge < -0.3 is 10.1 Å². The fourth-order valence-electron chi connectivity index (χ4n) is 2.97.